The zero-order chi connectivity index (χ0) is 22.9. The number of nitrogens with one attached hydrogen (secondary N) is 1. The second-order valence-corrected chi connectivity index (χ2v) is 8.70. The van der Waals surface area contributed by atoms with Gasteiger partial charge in [0.25, 0.3) is 5.56 Å². The topological polar surface area (TPSA) is 130 Å². The van der Waals surface area contributed by atoms with Crippen LogP contribution in [-0.2, 0) is 41.9 Å². The highest BCUT2D eigenvalue weighted by atomic mass is 32.2. The van der Waals surface area contributed by atoms with Crippen LogP contribution in [0.15, 0.2) is 14.7 Å². The van der Waals surface area contributed by atoms with Crippen molar-refractivity contribution in [3.63, 3.8) is 0 Å². The van der Waals surface area contributed by atoms with Crippen LogP contribution >= 0.6 is 23.1 Å². The third-order valence-corrected chi connectivity index (χ3v) is 6.62. The van der Waals surface area contributed by atoms with Gasteiger partial charge in [0.2, 0.25) is 5.91 Å². The first-order valence-corrected chi connectivity index (χ1v) is 11.1. The summed E-state index contributed by atoms with van der Waals surface area (Å²) in [4.78, 5) is 57.9. The average Bonchev–Trinajstić information content (AvgIpc) is 3.22. The van der Waals surface area contributed by atoms with Crippen molar-refractivity contribution in [1.29, 1.82) is 0 Å². The minimum Gasteiger partial charge on any atom is -0.466 e. The lowest BCUT2D eigenvalue weighted by molar-refractivity contribution is -0.142. The molecule has 0 aliphatic rings. The summed E-state index contributed by atoms with van der Waals surface area (Å²) in [7, 11) is 4.60. The minimum absolute atomic E-state index is 0.0251. The van der Waals surface area contributed by atoms with E-state index in [9.17, 15) is 19.2 Å². The molecule has 3 heterocycles. The molecule has 0 bridgehead atoms. The average molecular weight is 467 g/mol. The lowest BCUT2D eigenvalue weighted by Gasteiger charge is -2.03. The summed E-state index contributed by atoms with van der Waals surface area (Å²) >= 11 is 2.36. The number of thiazole rings is 1. The smallest absolute Gasteiger partial charge is 0.332 e. The highest BCUT2D eigenvalue weighted by molar-refractivity contribution is 7.99. The molecule has 3 aromatic heterocycles. The van der Waals surface area contributed by atoms with E-state index < -0.39 is 11.2 Å². The Kier molecular flexibility index (Phi) is 6.65. The summed E-state index contributed by atoms with van der Waals surface area (Å²) in [5.41, 5.74) is 0.289. The van der Waals surface area contributed by atoms with Gasteiger partial charge in [-0.25, -0.2) is 14.8 Å². The Balaban J connectivity index is 1.71. The largest absolute Gasteiger partial charge is 0.466 e. The van der Waals surface area contributed by atoms with E-state index in [4.69, 9.17) is 4.74 Å². The normalized spacial score (nSPS) is 11.1. The predicted octanol–water partition coefficient (Wildman–Crippen LogP) is 0.572. The molecule has 0 fully saturated rings. The van der Waals surface area contributed by atoms with Crippen LogP contribution in [0, 0.1) is 6.92 Å². The van der Waals surface area contributed by atoms with Crippen LogP contribution in [0.2, 0.25) is 0 Å². The second kappa shape index (κ2) is 9.06. The van der Waals surface area contributed by atoms with E-state index in [0.29, 0.717) is 22.6 Å². The Morgan fingerprint density at radius 1 is 1.13 bits per heavy atom. The van der Waals surface area contributed by atoms with Gasteiger partial charge in [-0.3, -0.25) is 23.5 Å². The minimum atomic E-state index is -0.470. The first-order valence-electron chi connectivity index (χ1n) is 9.31. The molecule has 0 aliphatic heterocycles. The molecule has 0 saturated heterocycles. The monoisotopic (exact) mass is 466 g/mol. The lowest BCUT2D eigenvalue weighted by atomic mass is 10.3. The number of fused-ring (bicyclic) bond motifs is 1. The molecule has 0 aliphatic carbocycles. The van der Waals surface area contributed by atoms with Crippen molar-refractivity contribution in [2.45, 2.75) is 25.4 Å². The quantitative estimate of drug-likeness (QED) is 0.395. The maximum absolute atomic E-state index is 12.4. The Hall–Kier alpha value is -2.93. The number of aromatic nitrogens is 5. The van der Waals surface area contributed by atoms with Gasteiger partial charge in [0.05, 0.1) is 24.5 Å². The molecule has 3 aromatic rings. The molecule has 3 rings (SSSR count). The van der Waals surface area contributed by atoms with Crippen LogP contribution in [0.1, 0.15) is 17.5 Å². The fourth-order valence-electron chi connectivity index (χ4n) is 2.90. The molecule has 0 radical (unpaired) electrons. The molecular weight excluding hydrogens is 444 g/mol. The first-order chi connectivity index (χ1) is 14.6. The molecule has 0 atom stereocenters. The first kappa shape index (κ1) is 22.7. The number of imidazole rings is 1. The van der Waals surface area contributed by atoms with Crippen molar-refractivity contribution in [3.05, 3.63) is 31.4 Å². The van der Waals surface area contributed by atoms with Gasteiger partial charge >= 0.3 is 11.7 Å². The predicted molar refractivity (Wildman–Crippen MR) is 118 cm³/mol. The van der Waals surface area contributed by atoms with Crippen molar-refractivity contribution in [3.8, 4) is 0 Å². The highest BCUT2D eigenvalue weighted by Gasteiger charge is 2.19. The zero-order valence-electron chi connectivity index (χ0n) is 17.7. The van der Waals surface area contributed by atoms with Crippen LogP contribution < -0.4 is 16.6 Å². The molecule has 31 heavy (non-hydrogen) atoms. The van der Waals surface area contributed by atoms with Gasteiger partial charge in [-0.2, -0.15) is 0 Å². The van der Waals surface area contributed by atoms with Crippen LogP contribution in [0.4, 0.5) is 5.13 Å². The molecule has 1 amide bonds. The SMILES string of the molecule is CCOC(=O)Cc1sc(NC(=O)CSc2nc3c(c(=O)n(C)c(=O)n3C)n2C)nc1C. The van der Waals surface area contributed by atoms with E-state index in [0.717, 1.165) is 21.2 Å². The third kappa shape index (κ3) is 4.56. The lowest BCUT2D eigenvalue weighted by Crippen LogP contribution is -2.37. The zero-order valence-corrected chi connectivity index (χ0v) is 19.3. The number of anilines is 1. The van der Waals surface area contributed by atoms with E-state index in [1.165, 1.54) is 30.0 Å². The van der Waals surface area contributed by atoms with Crippen molar-refractivity contribution in [2.75, 3.05) is 17.7 Å². The number of carbonyl (C=O) groups excluding carboxylic acids is 2. The molecule has 0 spiro atoms. The fourth-order valence-corrected chi connectivity index (χ4v) is 4.63. The molecule has 11 nitrogen and oxygen atoms in total. The summed E-state index contributed by atoms with van der Waals surface area (Å²) in [6.07, 6.45) is 0.107. The number of hydrogen-bond acceptors (Lipinski definition) is 9. The molecular formula is C18H22N6O5S2. The second-order valence-electron chi connectivity index (χ2n) is 6.68. The summed E-state index contributed by atoms with van der Waals surface area (Å²) in [5, 5.41) is 3.53. The van der Waals surface area contributed by atoms with E-state index in [1.807, 2.05) is 0 Å². The van der Waals surface area contributed by atoms with Crippen molar-refractivity contribution < 1.29 is 14.3 Å². The Morgan fingerprint density at radius 2 is 1.84 bits per heavy atom. The molecule has 1 N–H and O–H groups in total. The number of esters is 1. The number of amides is 1. The molecule has 0 unspecified atom stereocenters. The van der Waals surface area contributed by atoms with Gasteiger partial charge < -0.3 is 14.6 Å². The van der Waals surface area contributed by atoms with E-state index in [-0.39, 0.29) is 35.2 Å². The molecule has 13 heteroatoms. The van der Waals surface area contributed by atoms with Gasteiger partial charge in [0, 0.05) is 26.0 Å². The summed E-state index contributed by atoms with van der Waals surface area (Å²) in [5.74, 6) is -0.627. The Labute approximate surface area is 185 Å². The van der Waals surface area contributed by atoms with E-state index in [2.05, 4.69) is 15.3 Å². The van der Waals surface area contributed by atoms with Crippen molar-refractivity contribution in [2.24, 2.45) is 21.1 Å². The number of thioether (sulfide) groups is 1. The number of aryl methyl sites for hydroxylation is 3. The van der Waals surface area contributed by atoms with Gasteiger partial charge in [0.1, 0.15) is 0 Å². The molecule has 166 valence electrons. The number of rotatable bonds is 7. The maximum atomic E-state index is 12.4. The van der Waals surface area contributed by atoms with E-state index >= 15 is 0 Å². The standard InChI is InChI=1S/C18H22N6O5S2/c1-6-29-12(26)7-10-9(2)19-16(31-10)20-11(25)8-30-17-21-14-13(22(17)3)15(27)24(5)18(28)23(14)4/h6-8H2,1-5H3,(H,19,20,25). The number of hydrogen-bond donors (Lipinski definition) is 1. The van der Waals surface area contributed by atoms with Crippen molar-refractivity contribution >= 4 is 51.3 Å². The van der Waals surface area contributed by atoms with Crippen LogP contribution in [-0.4, -0.2) is 47.9 Å². The highest BCUT2D eigenvalue weighted by Crippen LogP contribution is 2.24. The number of carbonyl (C=O) groups is 2. The summed E-state index contributed by atoms with van der Waals surface area (Å²) in [6.45, 7) is 3.81. The van der Waals surface area contributed by atoms with Crippen LogP contribution in [0.3, 0.4) is 0 Å². The van der Waals surface area contributed by atoms with Gasteiger partial charge in [-0.15, -0.1) is 11.3 Å². The number of ether oxygens (including phenoxy) is 1. The maximum Gasteiger partial charge on any atom is 0.332 e. The summed E-state index contributed by atoms with van der Waals surface area (Å²) < 4.78 is 8.82. The van der Waals surface area contributed by atoms with Crippen LogP contribution in [0.5, 0.6) is 0 Å². The summed E-state index contributed by atoms with van der Waals surface area (Å²) in [6, 6.07) is 0. The Morgan fingerprint density at radius 3 is 2.52 bits per heavy atom. The van der Waals surface area contributed by atoms with Crippen molar-refractivity contribution in [1.82, 2.24) is 23.7 Å². The van der Waals surface area contributed by atoms with E-state index in [1.54, 1.807) is 25.5 Å². The van der Waals surface area contributed by atoms with Gasteiger partial charge in [0.15, 0.2) is 21.5 Å². The molecule has 0 saturated carbocycles. The Bertz CT molecular complexity index is 1290. The third-order valence-electron chi connectivity index (χ3n) is 4.52. The fraction of sp³-hybridized carbons (Fsp3) is 0.444. The van der Waals surface area contributed by atoms with Gasteiger partial charge in [-0.05, 0) is 13.8 Å². The van der Waals surface area contributed by atoms with Gasteiger partial charge in [-0.1, -0.05) is 11.8 Å². The van der Waals surface area contributed by atoms with Crippen LogP contribution in [0.25, 0.3) is 11.2 Å². The number of nitrogens with zero attached hydrogens (tertiary/aromatic N) is 5. The molecule has 0 aromatic carbocycles.